The zero-order valence-corrected chi connectivity index (χ0v) is 9.19. The smallest absolute Gasteiger partial charge is 0.240 e. The van der Waals surface area contributed by atoms with Crippen LogP contribution in [0.5, 0.6) is 5.75 Å². The Balaban J connectivity index is 2.52. The molecule has 1 heterocycles. The van der Waals surface area contributed by atoms with Crippen LogP contribution in [0.25, 0.3) is 11.4 Å². The number of phenolic OH excluding ortho intramolecular Hbond substituents is 1. The van der Waals surface area contributed by atoms with Crippen molar-refractivity contribution < 1.29 is 9.63 Å². The maximum Gasteiger partial charge on any atom is 0.240 e. The van der Waals surface area contributed by atoms with E-state index < -0.39 is 0 Å². The monoisotopic (exact) mass is 219 g/mol. The Morgan fingerprint density at radius 2 is 2.06 bits per heavy atom. The van der Waals surface area contributed by atoms with Gasteiger partial charge in [-0.1, -0.05) is 5.16 Å². The maximum absolute atomic E-state index is 9.54. The van der Waals surface area contributed by atoms with Gasteiger partial charge in [0.25, 0.3) is 0 Å². The molecule has 5 heteroatoms. The first kappa shape index (κ1) is 10.6. The fourth-order valence-electron chi connectivity index (χ4n) is 1.50. The Kier molecular flexibility index (Phi) is 2.62. The molecule has 0 amide bonds. The minimum atomic E-state index is 0.225. The Hall–Kier alpha value is -1.88. The summed E-state index contributed by atoms with van der Waals surface area (Å²) in [6.07, 6.45) is 0. The lowest BCUT2D eigenvalue weighted by atomic mass is 10.0. The molecule has 0 aliphatic heterocycles. The second-order valence-electron chi connectivity index (χ2n) is 3.60. The molecule has 0 spiro atoms. The van der Waals surface area contributed by atoms with Gasteiger partial charge in [-0.3, -0.25) is 0 Å². The summed E-state index contributed by atoms with van der Waals surface area (Å²) >= 11 is 0. The summed E-state index contributed by atoms with van der Waals surface area (Å²) < 4.78 is 4.94. The van der Waals surface area contributed by atoms with Crippen LogP contribution >= 0.6 is 0 Å². The van der Waals surface area contributed by atoms with Crippen molar-refractivity contribution in [3.8, 4) is 17.1 Å². The van der Waals surface area contributed by atoms with Crippen molar-refractivity contribution in [3.63, 3.8) is 0 Å². The molecule has 0 saturated carbocycles. The van der Waals surface area contributed by atoms with E-state index in [1.165, 1.54) is 0 Å². The fourth-order valence-corrected chi connectivity index (χ4v) is 1.50. The van der Waals surface area contributed by atoms with Gasteiger partial charge >= 0.3 is 0 Å². The van der Waals surface area contributed by atoms with Crippen LogP contribution in [0.4, 0.5) is 0 Å². The van der Waals surface area contributed by atoms with E-state index >= 15 is 0 Å². The van der Waals surface area contributed by atoms with Gasteiger partial charge < -0.3 is 15.4 Å². The van der Waals surface area contributed by atoms with Gasteiger partial charge in [0.05, 0.1) is 6.54 Å². The van der Waals surface area contributed by atoms with E-state index in [4.69, 9.17) is 10.3 Å². The summed E-state index contributed by atoms with van der Waals surface area (Å²) in [5.41, 5.74) is 7.99. The summed E-state index contributed by atoms with van der Waals surface area (Å²) in [7, 11) is 0. The number of hydrogen-bond acceptors (Lipinski definition) is 5. The van der Waals surface area contributed by atoms with Crippen LogP contribution in [0.1, 0.15) is 17.0 Å². The van der Waals surface area contributed by atoms with E-state index in [1.807, 2.05) is 13.8 Å². The molecule has 0 bridgehead atoms. The minimum Gasteiger partial charge on any atom is -0.508 e. The first-order valence-electron chi connectivity index (χ1n) is 4.95. The average molecular weight is 219 g/mol. The third-order valence-electron chi connectivity index (χ3n) is 2.64. The summed E-state index contributed by atoms with van der Waals surface area (Å²) in [4.78, 5) is 4.15. The van der Waals surface area contributed by atoms with Gasteiger partial charge in [-0.2, -0.15) is 4.98 Å². The van der Waals surface area contributed by atoms with Gasteiger partial charge in [0.15, 0.2) is 0 Å². The van der Waals surface area contributed by atoms with E-state index in [9.17, 15) is 5.11 Å². The standard InChI is InChI=1S/C11H13N3O2/c1-6-7(2)9(15)4-3-8(6)11-13-10(5-12)16-14-11/h3-4,15H,5,12H2,1-2H3. The highest BCUT2D eigenvalue weighted by molar-refractivity contribution is 5.63. The third kappa shape index (κ3) is 1.65. The highest BCUT2D eigenvalue weighted by Crippen LogP contribution is 2.28. The molecule has 84 valence electrons. The number of nitrogens with zero attached hydrogens (tertiary/aromatic N) is 2. The number of benzene rings is 1. The normalized spacial score (nSPS) is 10.7. The molecule has 0 radical (unpaired) electrons. The predicted molar refractivity (Wildman–Crippen MR) is 58.8 cm³/mol. The number of rotatable bonds is 2. The van der Waals surface area contributed by atoms with Crippen LogP contribution < -0.4 is 5.73 Å². The molecular formula is C11H13N3O2. The highest BCUT2D eigenvalue weighted by Gasteiger charge is 2.12. The lowest BCUT2D eigenvalue weighted by Crippen LogP contribution is -1.96. The molecule has 0 saturated heterocycles. The lowest BCUT2D eigenvalue weighted by Gasteiger charge is -2.06. The van der Waals surface area contributed by atoms with Crippen LogP contribution in [0.2, 0.25) is 0 Å². The van der Waals surface area contributed by atoms with E-state index in [0.29, 0.717) is 11.7 Å². The zero-order valence-electron chi connectivity index (χ0n) is 9.19. The van der Waals surface area contributed by atoms with E-state index in [-0.39, 0.29) is 12.3 Å². The molecule has 1 aromatic heterocycles. The molecule has 0 aliphatic carbocycles. The molecule has 1 aromatic carbocycles. The van der Waals surface area contributed by atoms with Crippen molar-refractivity contribution in [2.24, 2.45) is 5.73 Å². The van der Waals surface area contributed by atoms with Crippen LogP contribution in [0.15, 0.2) is 16.7 Å². The SMILES string of the molecule is Cc1c(O)ccc(-c2noc(CN)n2)c1C. The van der Waals surface area contributed by atoms with E-state index in [1.54, 1.807) is 12.1 Å². The van der Waals surface area contributed by atoms with Crippen molar-refractivity contribution in [3.05, 3.63) is 29.2 Å². The largest absolute Gasteiger partial charge is 0.508 e. The van der Waals surface area contributed by atoms with E-state index in [2.05, 4.69) is 10.1 Å². The Labute approximate surface area is 92.9 Å². The molecular weight excluding hydrogens is 206 g/mol. The van der Waals surface area contributed by atoms with Crippen molar-refractivity contribution >= 4 is 0 Å². The number of phenols is 1. The summed E-state index contributed by atoms with van der Waals surface area (Å²) in [6.45, 7) is 3.98. The minimum absolute atomic E-state index is 0.225. The second kappa shape index (κ2) is 3.94. The van der Waals surface area contributed by atoms with Gasteiger partial charge in [-0.15, -0.1) is 0 Å². The summed E-state index contributed by atoms with van der Waals surface area (Å²) in [5.74, 6) is 1.17. The summed E-state index contributed by atoms with van der Waals surface area (Å²) in [5, 5.41) is 13.4. The molecule has 0 atom stereocenters. The van der Waals surface area contributed by atoms with Gasteiger partial charge in [-0.05, 0) is 37.1 Å². The number of aromatic hydroxyl groups is 1. The predicted octanol–water partition coefficient (Wildman–Crippen LogP) is 1.52. The average Bonchev–Trinajstić information content (AvgIpc) is 2.74. The molecule has 3 N–H and O–H groups in total. The molecule has 0 unspecified atom stereocenters. The molecule has 0 fully saturated rings. The maximum atomic E-state index is 9.54. The molecule has 2 rings (SSSR count). The van der Waals surface area contributed by atoms with Crippen molar-refractivity contribution in [2.45, 2.75) is 20.4 Å². The van der Waals surface area contributed by atoms with Crippen molar-refractivity contribution in [1.82, 2.24) is 10.1 Å². The number of nitrogens with two attached hydrogens (primary N) is 1. The Morgan fingerprint density at radius 1 is 1.31 bits per heavy atom. The molecule has 16 heavy (non-hydrogen) atoms. The van der Waals surface area contributed by atoms with Crippen molar-refractivity contribution in [2.75, 3.05) is 0 Å². The zero-order chi connectivity index (χ0) is 11.7. The third-order valence-corrected chi connectivity index (χ3v) is 2.64. The first-order chi connectivity index (χ1) is 7.63. The second-order valence-corrected chi connectivity index (χ2v) is 3.60. The Bertz CT molecular complexity index is 520. The first-order valence-corrected chi connectivity index (χ1v) is 4.95. The number of hydrogen-bond donors (Lipinski definition) is 2. The van der Waals surface area contributed by atoms with Crippen LogP contribution in [0.3, 0.4) is 0 Å². The van der Waals surface area contributed by atoms with Crippen molar-refractivity contribution in [1.29, 1.82) is 0 Å². The van der Waals surface area contributed by atoms with Crippen LogP contribution in [-0.2, 0) is 6.54 Å². The topological polar surface area (TPSA) is 85.2 Å². The molecule has 0 aliphatic rings. The van der Waals surface area contributed by atoms with Gasteiger partial charge in [0.2, 0.25) is 11.7 Å². The van der Waals surface area contributed by atoms with Crippen LogP contribution in [-0.4, -0.2) is 15.2 Å². The lowest BCUT2D eigenvalue weighted by molar-refractivity contribution is 0.380. The van der Waals surface area contributed by atoms with E-state index in [0.717, 1.165) is 16.7 Å². The highest BCUT2D eigenvalue weighted by atomic mass is 16.5. The Morgan fingerprint density at radius 3 is 2.69 bits per heavy atom. The molecule has 2 aromatic rings. The van der Waals surface area contributed by atoms with Crippen LogP contribution in [0, 0.1) is 13.8 Å². The van der Waals surface area contributed by atoms with Gasteiger partial charge in [0, 0.05) is 5.56 Å². The van der Waals surface area contributed by atoms with Gasteiger partial charge in [0.1, 0.15) is 5.75 Å². The summed E-state index contributed by atoms with van der Waals surface area (Å²) in [6, 6.07) is 3.39. The number of aromatic nitrogens is 2. The quantitative estimate of drug-likeness (QED) is 0.799. The van der Waals surface area contributed by atoms with Gasteiger partial charge in [-0.25, -0.2) is 0 Å². The fraction of sp³-hybridized carbons (Fsp3) is 0.273. The molecule has 5 nitrogen and oxygen atoms in total.